The first-order valence-electron chi connectivity index (χ1n) is 8.88. The van der Waals surface area contributed by atoms with E-state index >= 15 is 0 Å². The van der Waals surface area contributed by atoms with Crippen LogP contribution in [0.25, 0.3) is 11.5 Å². The van der Waals surface area contributed by atoms with Crippen LogP contribution in [0.4, 0.5) is 4.79 Å². The Hall–Kier alpha value is -3.35. The molecule has 0 bridgehead atoms. The summed E-state index contributed by atoms with van der Waals surface area (Å²) in [5.41, 5.74) is 0.489. The van der Waals surface area contributed by atoms with Crippen molar-refractivity contribution in [3.63, 3.8) is 0 Å². The Labute approximate surface area is 163 Å². The van der Waals surface area contributed by atoms with Crippen molar-refractivity contribution in [2.45, 2.75) is 32.9 Å². The van der Waals surface area contributed by atoms with Crippen molar-refractivity contribution in [3.8, 4) is 17.3 Å². The lowest BCUT2D eigenvalue weighted by Gasteiger charge is -2.21. The zero-order valence-electron chi connectivity index (χ0n) is 16.4. The van der Waals surface area contributed by atoms with Gasteiger partial charge in [0.05, 0.1) is 7.11 Å². The third-order valence-corrected chi connectivity index (χ3v) is 3.97. The molecule has 2 heterocycles. The molecule has 28 heavy (non-hydrogen) atoms. The molecular weight excluding hydrogens is 358 g/mol. The molecule has 146 valence electrons. The summed E-state index contributed by atoms with van der Waals surface area (Å²) in [6.45, 7) is 5.84. The van der Waals surface area contributed by atoms with Crippen molar-refractivity contribution in [1.29, 1.82) is 0 Å². The smallest absolute Gasteiger partial charge is 0.420 e. The first-order valence-corrected chi connectivity index (χ1v) is 8.88. The molecule has 0 fully saturated rings. The first-order chi connectivity index (χ1) is 13.3. The number of pyridine rings is 1. The van der Waals surface area contributed by atoms with Gasteiger partial charge in [-0.3, -0.25) is 4.79 Å². The van der Waals surface area contributed by atoms with Gasteiger partial charge >= 0.3 is 6.09 Å². The number of imidazole rings is 1. The van der Waals surface area contributed by atoms with Crippen LogP contribution in [0.5, 0.6) is 5.75 Å². The first kappa shape index (κ1) is 19.4. The van der Waals surface area contributed by atoms with Crippen molar-refractivity contribution < 1.29 is 14.3 Å². The Morgan fingerprint density at radius 3 is 2.46 bits per heavy atom. The van der Waals surface area contributed by atoms with Crippen molar-refractivity contribution in [3.05, 3.63) is 70.8 Å². The van der Waals surface area contributed by atoms with Crippen LogP contribution in [0.15, 0.2) is 59.8 Å². The molecule has 0 aliphatic rings. The molecule has 7 nitrogen and oxygen atoms in total. The number of benzene rings is 1. The van der Waals surface area contributed by atoms with Gasteiger partial charge in [0.1, 0.15) is 11.3 Å². The summed E-state index contributed by atoms with van der Waals surface area (Å²) in [6, 6.07) is 11.2. The monoisotopic (exact) mass is 381 g/mol. The summed E-state index contributed by atoms with van der Waals surface area (Å²) >= 11 is 0. The zero-order chi connectivity index (χ0) is 20.3. The van der Waals surface area contributed by atoms with E-state index in [1.54, 1.807) is 27.0 Å². The quantitative estimate of drug-likeness (QED) is 0.691. The maximum absolute atomic E-state index is 12.6. The van der Waals surface area contributed by atoms with Gasteiger partial charge in [-0.15, -0.1) is 0 Å². The number of nitrogens with zero attached hydrogens (tertiary/aromatic N) is 3. The highest BCUT2D eigenvalue weighted by Crippen LogP contribution is 2.27. The minimum atomic E-state index is -0.664. The van der Waals surface area contributed by atoms with E-state index in [1.165, 1.54) is 30.1 Å². The molecule has 3 aromatic rings. The Balaban J connectivity index is 2.14. The Morgan fingerprint density at radius 2 is 1.82 bits per heavy atom. The van der Waals surface area contributed by atoms with Crippen LogP contribution < -0.4 is 10.2 Å². The third-order valence-electron chi connectivity index (χ3n) is 3.97. The van der Waals surface area contributed by atoms with E-state index in [2.05, 4.69) is 4.98 Å². The minimum absolute atomic E-state index is 0.120. The maximum Gasteiger partial charge on any atom is 0.420 e. The average Bonchev–Trinajstić information content (AvgIpc) is 3.12. The molecule has 0 N–H and O–H groups in total. The van der Waals surface area contributed by atoms with Crippen molar-refractivity contribution in [1.82, 2.24) is 14.1 Å². The minimum Gasteiger partial charge on any atom is -0.491 e. The molecule has 0 aliphatic carbocycles. The van der Waals surface area contributed by atoms with Gasteiger partial charge in [0.25, 0.3) is 0 Å². The number of ether oxygens (including phenoxy) is 2. The molecule has 0 saturated heterocycles. The van der Waals surface area contributed by atoms with E-state index in [0.29, 0.717) is 12.2 Å². The molecule has 0 atom stereocenters. The molecule has 0 aliphatic heterocycles. The number of carbonyl (C=O) groups is 1. The predicted octanol–water partition coefficient (Wildman–Crippen LogP) is 3.55. The molecule has 1 aromatic carbocycles. The van der Waals surface area contributed by atoms with E-state index < -0.39 is 11.7 Å². The van der Waals surface area contributed by atoms with Crippen LogP contribution in [0.1, 0.15) is 26.3 Å². The molecule has 0 radical (unpaired) electrons. The van der Waals surface area contributed by atoms with E-state index in [4.69, 9.17) is 9.47 Å². The van der Waals surface area contributed by atoms with Crippen LogP contribution in [0, 0.1) is 0 Å². The normalized spacial score (nSPS) is 11.3. The highest BCUT2D eigenvalue weighted by atomic mass is 16.6. The molecule has 0 saturated carbocycles. The number of hydrogen-bond acceptors (Lipinski definition) is 5. The van der Waals surface area contributed by atoms with E-state index in [1.807, 2.05) is 34.9 Å². The Morgan fingerprint density at radius 1 is 1.11 bits per heavy atom. The molecule has 0 spiro atoms. The standard InChI is InChI=1S/C21H23N3O4/c1-21(2,3)28-20(26)24-13-11-22-19(24)17-18(27-4)16(25)10-12-23(17)14-15-8-6-5-7-9-15/h5-13H,14H2,1-4H3. The zero-order valence-corrected chi connectivity index (χ0v) is 16.4. The van der Waals surface area contributed by atoms with E-state index in [9.17, 15) is 9.59 Å². The van der Waals surface area contributed by atoms with Crippen molar-refractivity contribution >= 4 is 6.09 Å². The predicted molar refractivity (Wildman–Crippen MR) is 106 cm³/mol. The number of rotatable bonds is 4. The highest BCUT2D eigenvalue weighted by molar-refractivity contribution is 5.77. The van der Waals surface area contributed by atoms with Crippen LogP contribution in [0.3, 0.4) is 0 Å². The Kier molecular flexibility index (Phi) is 5.35. The summed E-state index contributed by atoms with van der Waals surface area (Å²) in [5.74, 6) is 0.397. The van der Waals surface area contributed by atoms with Crippen LogP contribution in [-0.2, 0) is 11.3 Å². The molecule has 3 rings (SSSR count). The number of methoxy groups -OCH3 is 1. The van der Waals surface area contributed by atoms with Gasteiger partial charge < -0.3 is 14.0 Å². The van der Waals surface area contributed by atoms with E-state index in [-0.39, 0.29) is 17.0 Å². The van der Waals surface area contributed by atoms with Gasteiger partial charge in [-0.2, -0.15) is 0 Å². The van der Waals surface area contributed by atoms with Crippen LogP contribution >= 0.6 is 0 Å². The third kappa shape index (κ3) is 4.14. The summed E-state index contributed by atoms with van der Waals surface area (Å²) in [5, 5.41) is 0. The van der Waals surface area contributed by atoms with Gasteiger partial charge in [-0.05, 0) is 26.3 Å². The van der Waals surface area contributed by atoms with Gasteiger partial charge in [-0.1, -0.05) is 30.3 Å². The summed E-state index contributed by atoms with van der Waals surface area (Å²) in [4.78, 5) is 29.3. The fraction of sp³-hybridized carbons (Fsp3) is 0.286. The number of hydrogen-bond donors (Lipinski definition) is 0. The number of aromatic nitrogens is 3. The SMILES string of the molecule is COc1c(-c2nccn2C(=O)OC(C)(C)C)n(Cc2ccccc2)ccc1=O. The molecule has 2 aromatic heterocycles. The molecule has 0 amide bonds. The maximum atomic E-state index is 12.6. The van der Waals surface area contributed by atoms with Crippen molar-refractivity contribution in [2.24, 2.45) is 0 Å². The van der Waals surface area contributed by atoms with E-state index in [0.717, 1.165) is 5.56 Å². The number of carbonyl (C=O) groups excluding carboxylic acids is 1. The fourth-order valence-corrected chi connectivity index (χ4v) is 2.83. The van der Waals surface area contributed by atoms with Gasteiger partial charge in [0.2, 0.25) is 5.43 Å². The summed E-state index contributed by atoms with van der Waals surface area (Å²) in [7, 11) is 1.42. The average molecular weight is 381 g/mol. The molecule has 0 unspecified atom stereocenters. The molecular formula is C21H23N3O4. The lowest BCUT2D eigenvalue weighted by atomic mass is 10.2. The summed E-state index contributed by atoms with van der Waals surface area (Å²) in [6.07, 6.45) is 4.09. The van der Waals surface area contributed by atoms with Crippen molar-refractivity contribution in [2.75, 3.05) is 7.11 Å². The highest BCUT2D eigenvalue weighted by Gasteiger charge is 2.24. The Bertz CT molecular complexity index is 1030. The molecule has 7 heteroatoms. The second-order valence-electron chi connectivity index (χ2n) is 7.28. The van der Waals surface area contributed by atoms with Gasteiger partial charge in [-0.25, -0.2) is 14.3 Å². The van der Waals surface area contributed by atoms with Gasteiger partial charge in [0, 0.05) is 31.2 Å². The largest absolute Gasteiger partial charge is 0.491 e. The fourth-order valence-electron chi connectivity index (χ4n) is 2.83. The lowest BCUT2D eigenvalue weighted by Crippen LogP contribution is -2.27. The van der Waals surface area contributed by atoms with Crippen LogP contribution in [0.2, 0.25) is 0 Å². The summed E-state index contributed by atoms with van der Waals surface area (Å²) < 4.78 is 14.0. The second kappa shape index (κ2) is 7.72. The lowest BCUT2D eigenvalue weighted by molar-refractivity contribution is 0.0539. The topological polar surface area (TPSA) is 75.4 Å². The second-order valence-corrected chi connectivity index (χ2v) is 7.28. The van der Waals surface area contributed by atoms with Gasteiger partial charge in [0.15, 0.2) is 11.6 Å². The van der Waals surface area contributed by atoms with Crippen LogP contribution in [-0.4, -0.2) is 32.9 Å².